The fraction of sp³-hybridized carbons (Fsp3) is 0.462. The number of nitrogens with zero attached hydrogens (tertiary/aromatic N) is 4. The van der Waals surface area contributed by atoms with E-state index in [1.54, 1.807) is 28.8 Å². The number of carbonyl (C=O) groups is 2. The molecule has 2 aliphatic rings. The summed E-state index contributed by atoms with van der Waals surface area (Å²) < 4.78 is 16.7. The molecule has 0 bridgehead atoms. The number of carboxylic acid groups (broad SMARTS) is 1. The molecule has 7 nitrogen and oxygen atoms in total. The van der Waals surface area contributed by atoms with Gasteiger partial charge in [-0.3, -0.25) is 9.59 Å². The molecule has 178 valence electrons. The molecule has 1 aromatic carbocycles. The second-order valence-corrected chi connectivity index (χ2v) is 9.51. The number of halogens is 1. The summed E-state index contributed by atoms with van der Waals surface area (Å²) in [5.41, 5.74) is 3.21. The van der Waals surface area contributed by atoms with Gasteiger partial charge in [0.25, 0.3) is 5.91 Å². The number of likely N-dealkylation sites (tertiary alicyclic amines) is 1. The van der Waals surface area contributed by atoms with Crippen LogP contribution in [0.4, 0.5) is 4.39 Å². The van der Waals surface area contributed by atoms with E-state index in [2.05, 4.69) is 17.0 Å². The highest BCUT2D eigenvalue weighted by Crippen LogP contribution is 2.48. The summed E-state index contributed by atoms with van der Waals surface area (Å²) in [6.45, 7) is 4.81. The van der Waals surface area contributed by atoms with Gasteiger partial charge in [-0.25, -0.2) is 13.9 Å². The van der Waals surface area contributed by atoms with Gasteiger partial charge in [-0.15, -0.1) is 0 Å². The van der Waals surface area contributed by atoms with E-state index in [0.717, 1.165) is 37.9 Å². The van der Waals surface area contributed by atoms with Gasteiger partial charge in [0.15, 0.2) is 5.65 Å². The molecule has 8 heteroatoms. The molecule has 2 fully saturated rings. The van der Waals surface area contributed by atoms with Crippen molar-refractivity contribution >= 4 is 17.5 Å². The molecule has 1 amide bonds. The molecule has 2 aromatic heterocycles. The fourth-order valence-electron chi connectivity index (χ4n) is 5.06. The minimum atomic E-state index is -0.840. The largest absolute Gasteiger partial charge is 0.481 e. The normalized spacial score (nSPS) is 22.6. The smallest absolute Gasteiger partial charge is 0.307 e. The van der Waals surface area contributed by atoms with E-state index in [4.69, 9.17) is 5.11 Å². The number of fused-ring (bicyclic) bond motifs is 1. The summed E-state index contributed by atoms with van der Waals surface area (Å²) in [5.74, 6) is -1.91. The number of carboxylic acids is 1. The molecule has 1 saturated heterocycles. The van der Waals surface area contributed by atoms with Crippen LogP contribution in [0.1, 0.15) is 73.6 Å². The Balaban J connectivity index is 1.47. The molecule has 1 N–H and O–H groups in total. The van der Waals surface area contributed by atoms with Crippen LogP contribution in [0.2, 0.25) is 0 Å². The number of amides is 1. The summed E-state index contributed by atoms with van der Waals surface area (Å²) in [6, 6.07) is 8.52. The predicted molar refractivity (Wildman–Crippen MR) is 125 cm³/mol. The Bertz CT molecular complexity index is 1270. The summed E-state index contributed by atoms with van der Waals surface area (Å²) >= 11 is 0. The molecule has 1 aliphatic heterocycles. The first-order chi connectivity index (χ1) is 16.4. The van der Waals surface area contributed by atoms with Crippen LogP contribution >= 0.6 is 0 Å². The van der Waals surface area contributed by atoms with Gasteiger partial charge in [-0.1, -0.05) is 25.8 Å². The Labute approximate surface area is 197 Å². The van der Waals surface area contributed by atoms with Gasteiger partial charge in [0, 0.05) is 29.9 Å². The van der Waals surface area contributed by atoms with Crippen LogP contribution in [0.3, 0.4) is 0 Å². The minimum Gasteiger partial charge on any atom is -0.481 e. The highest BCUT2D eigenvalue weighted by Gasteiger charge is 2.44. The number of benzene rings is 1. The lowest BCUT2D eigenvalue weighted by Gasteiger charge is -2.27. The van der Waals surface area contributed by atoms with Crippen molar-refractivity contribution in [1.29, 1.82) is 0 Å². The van der Waals surface area contributed by atoms with Crippen LogP contribution in [-0.4, -0.2) is 49.1 Å². The number of aryl methyl sites for hydroxylation is 1. The quantitative estimate of drug-likeness (QED) is 0.592. The monoisotopic (exact) mass is 464 g/mol. The molecule has 3 atom stereocenters. The zero-order valence-electron chi connectivity index (χ0n) is 19.5. The van der Waals surface area contributed by atoms with Crippen molar-refractivity contribution in [2.45, 2.75) is 64.3 Å². The summed E-state index contributed by atoms with van der Waals surface area (Å²) in [7, 11) is 0. The molecule has 1 saturated carbocycles. The van der Waals surface area contributed by atoms with Crippen LogP contribution in [0.5, 0.6) is 0 Å². The van der Waals surface area contributed by atoms with E-state index in [9.17, 15) is 9.59 Å². The average molecular weight is 465 g/mol. The van der Waals surface area contributed by atoms with E-state index >= 15 is 4.39 Å². The second-order valence-electron chi connectivity index (χ2n) is 9.51. The standard InChI is InChI=1S/C26H29FN4O3/c1-3-17-12-23(25(32)30-10-6-4-5-7-15(30)2)28-24-14-22(29-31(17)24)18-9-8-16(11-21(18)27)19-13-20(19)26(33)34/h8-9,11-12,14-15,19-20H,3-7,10,13H2,1-2H3,(H,33,34)/t15-,19?,20+/m1/s1. The third kappa shape index (κ3) is 4.06. The number of carbonyl (C=O) groups excluding carboxylic acids is 1. The zero-order chi connectivity index (χ0) is 24.0. The molecular weight excluding hydrogens is 435 g/mol. The Morgan fingerprint density at radius 1 is 1.18 bits per heavy atom. The van der Waals surface area contributed by atoms with Crippen molar-refractivity contribution in [1.82, 2.24) is 19.5 Å². The molecule has 34 heavy (non-hydrogen) atoms. The molecule has 0 spiro atoms. The Kier molecular flexibility index (Phi) is 5.83. The second kappa shape index (κ2) is 8.81. The van der Waals surface area contributed by atoms with Crippen LogP contribution in [0.15, 0.2) is 30.3 Å². The van der Waals surface area contributed by atoms with E-state index in [0.29, 0.717) is 41.0 Å². The number of rotatable bonds is 5. The minimum absolute atomic E-state index is 0.0673. The lowest BCUT2D eigenvalue weighted by Crippen LogP contribution is -2.38. The first-order valence-electron chi connectivity index (χ1n) is 12.1. The lowest BCUT2D eigenvalue weighted by atomic mass is 10.0. The number of aromatic nitrogens is 3. The van der Waals surface area contributed by atoms with Gasteiger partial charge in [0.2, 0.25) is 0 Å². The third-order valence-electron chi connectivity index (χ3n) is 7.20. The maximum Gasteiger partial charge on any atom is 0.307 e. The highest BCUT2D eigenvalue weighted by molar-refractivity contribution is 5.93. The fourth-order valence-corrected chi connectivity index (χ4v) is 5.06. The lowest BCUT2D eigenvalue weighted by molar-refractivity contribution is -0.138. The molecule has 0 radical (unpaired) electrons. The maximum atomic E-state index is 15.0. The first kappa shape index (κ1) is 22.5. The van der Waals surface area contributed by atoms with Crippen molar-refractivity contribution in [3.63, 3.8) is 0 Å². The molecule has 3 heterocycles. The predicted octanol–water partition coefficient (Wildman–Crippen LogP) is 4.69. The number of aliphatic carboxylic acids is 1. The van der Waals surface area contributed by atoms with Crippen molar-refractivity contribution in [2.75, 3.05) is 6.54 Å². The van der Waals surface area contributed by atoms with Crippen molar-refractivity contribution in [2.24, 2.45) is 5.92 Å². The van der Waals surface area contributed by atoms with Gasteiger partial charge in [-0.05, 0) is 62.3 Å². The summed E-state index contributed by atoms with van der Waals surface area (Å²) in [4.78, 5) is 31.0. The molecule has 1 aliphatic carbocycles. The molecule has 3 aromatic rings. The molecular formula is C26H29FN4O3. The van der Waals surface area contributed by atoms with E-state index in [1.165, 1.54) is 6.07 Å². The number of hydrogen-bond donors (Lipinski definition) is 1. The van der Waals surface area contributed by atoms with Crippen molar-refractivity contribution in [3.8, 4) is 11.3 Å². The Morgan fingerprint density at radius 3 is 2.71 bits per heavy atom. The van der Waals surface area contributed by atoms with Crippen LogP contribution < -0.4 is 0 Å². The van der Waals surface area contributed by atoms with Crippen LogP contribution in [0, 0.1) is 11.7 Å². The Hall–Kier alpha value is -3.29. The summed E-state index contributed by atoms with van der Waals surface area (Å²) in [6.07, 6.45) is 5.45. The van der Waals surface area contributed by atoms with Gasteiger partial charge in [0.1, 0.15) is 11.5 Å². The van der Waals surface area contributed by atoms with E-state index < -0.39 is 17.7 Å². The average Bonchev–Trinajstić information content (AvgIpc) is 3.56. The highest BCUT2D eigenvalue weighted by atomic mass is 19.1. The topological polar surface area (TPSA) is 87.8 Å². The molecule has 1 unspecified atom stereocenters. The van der Waals surface area contributed by atoms with E-state index in [1.807, 2.05) is 11.8 Å². The van der Waals surface area contributed by atoms with Crippen LogP contribution in [0.25, 0.3) is 16.9 Å². The zero-order valence-corrected chi connectivity index (χ0v) is 19.5. The Morgan fingerprint density at radius 2 is 2.00 bits per heavy atom. The third-order valence-corrected chi connectivity index (χ3v) is 7.20. The van der Waals surface area contributed by atoms with E-state index in [-0.39, 0.29) is 17.9 Å². The van der Waals surface area contributed by atoms with Gasteiger partial charge < -0.3 is 10.0 Å². The van der Waals surface area contributed by atoms with Crippen molar-refractivity contribution in [3.05, 3.63) is 53.1 Å². The van der Waals surface area contributed by atoms with Gasteiger partial charge >= 0.3 is 5.97 Å². The number of hydrogen-bond acceptors (Lipinski definition) is 4. The SMILES string of the molecule is CCc1cc(C(=O)N2CCCCC[C@H]2C)nc2cc(-c3ccc(C4C[C@@H]4C(=O)O)cc3F)nn12. The van der Waals surface area contributed by atoms with Crippen molar-refractivity contribution < 1.29 is 19.1 Å². The van der Waals surface area contributed by atoms with Gasteiger partial charge in [0.05, 0.1) is 11.6 Å². The van der Waals surface area contributed by atoms with Gasteiger partial charge in [-0.2, -0.15) is 5.10 Å². The maximum absolute atomic E-state index is 15.0. The summed E-state index contributed by atoms with van der Waals surface area (Å²) in [5, 5.41) is 13.7. The van der Waals surface area contributed by atoms with Crippen LogP contribution in [-0.2, 0) is 11.2 Å². The first-order valence-corrected chi connectivity index (χ1v) is 12.1. The molecule has 5 rings (SSSR count).